The van der Waals surface area contributed by atoms with E-state index in [1.165, 1.54) is 30.3 Å². The second kappa shape index (κ2) is 9.23. The SMILES string of the molecule is Cc1ccc(S(=O)(=O)OC[C@@H](O)[C@H](c2cccc(F)c2)n2ccc3cc(C)nc(Cl)c32)cc1. The molecule has 1 N–H and O–H groups in total. The van der Waals surface area contributed by atoms with Crippen LogP contribution in [-0.2, 0) is 14.3 Å². The molecular weight excluding hydrogens is 467 g/mol. The van der Waals surface area contributed by atoms with Gasteiger partial charge in [-0.15, -0.1) is 0 Å². The van der Waals surface area contributed by atoms with Gasteiger partial charge in [-0.05, 0) is 55.8 Å². The van der Waals surface area contributed by atoms with Gasteiger partial charge in [0, 0.05) is 17.3 Å². The first kappa shape index (κ1) is 23.4. The molecule has 4 rings (SSSR count). The van der Waals surface area contributed by atoms with Crippen LogP contribution in [0.15, 0.2) is 71.8 Å². The fraction of sp³-hybridized carbons (Fsp3) is 0.208. The van der Waals surface area contributed by atoms with Crippen LogP contribution in [0.1, 0.15) is 22.9 Å². The number of aliphatic hydroxyl groups is 1. The summed E-state index contributed by atoms with van der Waals surface area (Å²) >= 11 is 6.40. The molecule has 33 heavy (non-hydrogen) atoms. The third-order valence-corrected chi connectivity index (χ3v) is 6.90. The van der Waals surface area contributed by atoms with Crippen molar-refractivity contribution in [3.8, 4) is 0 Å². The molecule has 9 heteroatoms. The molecule has 0 saturated carbocycles. The Morgan fingerprint density at radius 3 is 2.55 bits per heavy atom. The number of aliphatic hydroxyl groups excluding tert-OH is 1. The smallest absolute Gasteiger partial charge is 0.297 e. The zero-order valence-corrected chi connectivity index (χ0v) is 19.5. The molecule has 2 aromatic heterocycles. The van der Waals surface area contributed by atoms with Gasteiger partial charge < -0.3 is 9.67 Å². The summed E-state index contributed by atoms with van der Waals surface area (Å²) in [4.78, 5) is 4.26. The van der Waals surface area contributed by atoms with E-state index in [-0.39, 0.29) is 10.0 Å². The standard InChI is InChI=1S/C24H22ClFN2O4S/c1-15-6-8-20(9-7-15)33(30,31)32-14-21(29)22(17-4-3-5-19(26)13-17)28-11-10-18-12-16(2)27-24(25)23(18)28/h3-13,21-22,29H,14H2,1-2H3/t21-,22+/m1/s1. The predicted octanol–water partition coefficient (Wildman–Crippen LogP) is 4.80. The molecule has 6 nitrogen and oxygen atoms in total. The summed E-state index contributed by atoms with van der Waals surface area (Å²) in [6.45, 7) is 3.10. The van der Waals surface area contributed by atoms with E-state index >= 15 is 0 Å². The highest BCUT2D eigenvalue weighted by atomic mass is 35.5. The zero-order chi connectivity index (χ0) is 23.8. The van der Waals surface area contributed by atoms with Gasteiger partial charge in [0.25, 0.3) is 10.1 Å². The fourth-order valence-corrected chi connectivity index (χ4v) is 5.05. The summed E-state index contributed by atoms with van der Waals surface area (Å²) in [6.07, 6.45) is 0.352. The van der Waals surface area contributed by atoms with E-state index in [4.69, 9.17) is 15.8 Å². The molecule has 2 aromatic carbocycles. The van der Waals surface area contributed by atoms with Crippen molar-refractivity contribution in [2.75, 3.05) is 6.61 Å². The number of hydrogen-bond acceptors (Lipinski definition) is 5. The van der Waals surface area contributed by atoms with Crippen LogP contribution in [0.25, 0.3) is 10.9 Å². The van der Waals surface area contributed by atoms with E-state index < -0.39 is 34.7 Å². The molecule has 0 spiro atoms. The lowest BCUT2D eigenvalue weighted by Crippen LogP contribution is -2.30. The van der Waals surface area contributed by atoms with Gasteiger partial charge in [0.2, 0.25) is 0 Å². The first-order valence-corrected chi connectivity index (χ1v) is 12.0. The normalized spacial score (nSPS) is 13.8. The van der Waals surface area contributed by atoms with Crippen molar-refractivity contribution in [1.29, 1.82) is 0 Å². The van der Waals surface area contributed by atoms with Crippen molar-refractivity contribution in [1.82, 2.24) is 9.55 Å². The lowest BCUT2D eigenvalue weighted by atomic mass is 10.0. The Bertz CT molecular complexity index is 1400. The number of hydrogen-bond donors (Lipinski definition) is 1. The van der Waals surface area contributed by atoms with E-state index in [2.05, 4.69) is 4.98 Å². The Hall–Kier alpha value is -2.78. The van der Waals surface area contributed by atoms with Crippen LogP contribution in [0.2, 0.25) is 5.15 Å². The molecule has 4 aromatic rings. The summed E-state index contributed by atoms with van der Waals surface area (Å²) in [5.41, 5.74) is 2.59. The van der Waals surface area contributed by atoms with Crippen molar-refractivity contribution in [3.05, 3.63) is 94.7 Å². The molecule has 0 aliphatic rings. The molecule has 0 bridgehead atoms. The third kappa shape index (κ3) is 4.94. The first-order chi connectivity index (χ1) is 15.7. The maximum absolute atomic E-state index is 14.1. The number of aromatic nitrogens is 2. The molecule has 0 fully saturated rings. The average molecular weight is 489 g/mol. The average Bonchev–Trinajstić information content (AvgIpc) is 3.16. The molecule has 0 amide bonds. The van der Waals surface area contributed by atoms with E-state index in [0.717, 1.165) is 16.6 Å². The number of aryl methyl sites for hydroxylation is 2. The highest BCUT2D eigenvalue weighted by Crippen LogP contribution is 2.32. The molecule has 2 heterocycles. The van der Waals surface area contributed by atoms with E-state index in [1.54, 1.807) is 35.0 Å². The van der Waals surface area contributed by atoms with Crippen LogP contribution >= 0.6 is 11.6 Å². The van der Waals surface area contributed by atoms with Crippen LogP contribution in [0.5, 0.6) is 0 Å². The minimum Gasteiger partial charge on any atom is -0.388 e. The zero-order valence-electron chi connectivity index (χ0n) is 17.9. The maximum Gasteiger partial charge on any atom is 0.297 e. The highest BCUT2D eigenvalue weighted by molar-refractivity contribution is 7.86. The van der Waals surface area contributed by atoms with Crippen LogP contribution < -0.4 is 0 Å². The Morgan fingerprint density at radius 2 is 1.85 bits per heavy atom. The lowest BCUT2D eigenvalue weighted by molar-refractivity contribution is 0.0784. The molecule has 0 radical (unpaired) electrons. The number of pyridine rings is 1. The molecule has 0 aliphatic heterocycles. The summed E-state index contributed by atoms with van der Waals surface area (Å²) in [5.74, 6) is -0.491. The van der Waals surface area contributed by atoms with Crippen molar-refractivity contribution in [2.24, 2.45) is 0 Å². The van der Waals surface area contributed by atoms with Gasteiger partial charge in [0.15, 0.2) is 5.15 Å². The summed E-state index contributed by atoms with van der Waals surface area (Å²) in [7, 11) is -4.10. The monoisotopic (exact) mass is 488 g/mol. The molecular formula is C24H22ClFN2O4S. The Balaban J connectivity index is 1.71. The second-order valence-corrected chi connectivity index (χ2v) is 9.81. The van der Waals surface area contributed by atoms with Gasteiger partial charge in [-0.2, -0.15) is 8.42 Å². The van der Waals surface area contributed by atoms with Crippen LogP contribution in [-0.4, -0.2) is 35.8 Å². The topological polar surface area (TPSA) is 81.4 Å². The molecule has 0 saturated heterocycles. The van der Waals surface area contributed by atoms with Gasteiger partial charge in [-0.25, -0.2) is 9.37 Å². The van der Waals surface area contributed by atoms with Crippen molar-refractivity contribution in [3.63, 3.8) is 0 Å². The number of fused-ring (bicyclic) bond motifs is 1. The van der Waals surface area contributed by atoms with E-state index in [9.17, 15) is 17.9 Å². The van der Waals surface area contributed by atoms with Crippen LogP contribution in [0.4, 0.5) is 4.39 Å². The third-order valence-electron chi connectivity index (χ3n) is 5.34. The summed E-state index contributed by atoms with van der Waals surface area (Å²) in [6, 6.07) is 14.7. The van der Waals surface area contributed by atoms with Gasteiger partial charge in [-0.3, -0.25) is 4.18 Å². The van der Waals surface area contributed by atoms with E-state index in [1.807, 2.05) is 19.9 Å². The fourth-order valence-electron chi connectivity index (χ4n) is 3.78. The number of benzene rings is 2. The van der Waals surface area contributed by atoms with Crippen molar-refractivity contribution < 1.29 is 22.1 Å². The molecule has 172 valence electrons. The van der Waals surface area contributed by atoms with Crippen molar-refractivity contribution >= 4 is 32.6 Å². The Morgan fingerprint density at radius 1 is 1.12 bits per heavy atom. The second-order valence-electron chi connectivity index (χ2n) is 7.83. The molecule has 2 atom stereocenters. The van der Waals surface area contributed by atoms with Gasteiger partial charge in [0.1, 0.15) is 11.9 Å². The maximum atomic E-state index is 14.1. The minimum absolute atomic E-state index is 0.0169. The molecule has 0 unspecified atom stereocenters. The summed E-state index contributed by atoms with van der Waals surface area (Å²) in [5, 5.41) is 12.1. The Labute approximate surface area is 196 Å². The van der Waals surface area contributed by atoms with Gasteiger partial charge in [-0.1, -0.05) is 41.4 Å². The lowest BCUT2D eigenvalue weighted by Gasteiger charge is -2.26. The van der Waals surface area contributed by atoms with Gasteiger partial charge >= 0.3 is 0 Å². The van der Waals surface area contributed by atoms with Crippen LogP contribution in [0.3, 0.4) is 0 Å². The predicted molar refractivity (Wildman–Crippen MR) is 124 cm³/mol. The van der Waals surface area contributed by atoms with Crippen LogP contribution in [0, 0.1) is 19.7 Å². The summed E-state index contributed by atoms with van der Waals surface area (Å²) < 4.78 is 46.1. The number of nitrogens with zero attached hydrogens (tertiary/aromatic N) is 2. The Kier molecular flexibility index (Phi) is 6.54. The van der Waals surface area contributed by atoms with E-state index in [0.29, 0.717) is 11.1 Å². The minimum atomic E-state index is -4.10. The number of halogens is 2. The highest BCUT2D eigenvalue weighted by Gasteiger charge is 2.28. The molecule has 0 aliphatic carbocycles. The van der Waals surface area contributed by atoms with Gasteiger partial charge in [0.05, 0.1) is 23.1 Å². The largest absolute Gasteiger partial charge is 0.388 e. The first-order valence-electron chi connectivity index (χ1n) is 10.2. The number of rotatable bonds is 7. The van der Waals surface area contributed by atoms with Crippen molar-refractivity contribution in [2.45, 2.75) is 30.9 Å². The quantitative estimate of drug-likeness (QED) is 0.298.